The van der Waals surface area contributed by atoms with Crippen molar-refractivity contribution in [3.63, 3.8) is 0 Å². The average molecular weight is 283 g/mol. The van der Waals surface area contributed by atoms with Crippen molar-refractivity contribution in [2.75, 3.05) is 24.1 Å². The number of hydrogen-bond donors (Lipinski definition) is 4. The van der Waals surface area contributed by atoms with Crippen molar-refractivity contribution >= 4 is 30.0 Å². The molecule has 0 aliphatic carbocycles. The first-order chi connectivity index (χ1) is 8.69. The summed E-state index contributed by atoms with van der Waals surface area (Å²) < 4.78 is 0. The van der Waals surface area contributed by atoms with Crippen LogP contribution in [0.25, 0.3) is 6.08 Å². The summed E-state index contributed by atoms with van der Waals surface area (Å²) in [6.07, 6.45) is 7.63. The molecule has 7 heteroatoms. The molecule has 3 heterocycles. The summed E-state index contributed by atoms with van der Waals surface area (Å²) >= 11 is 0. The van der Waals surface area contributed by atoms with Crippen LogP contribution in [0.1, 0.15) is 18.5 Å². The van der Waals surface area contributed by atoms with Crippen molar-refractivity contribution in [2.24, 2.45) is 11.7 Å². The van der Waals surface area contributed by atoms with E-state index in [1.165, 1.54) is 6.33 Å². The zero-order valence-corrected chi connectivity index (χ0v) is 11.4. The number of nitrogens with one attached hydrogen (secondary N) is 2. The van der Waals surface area contributed by atoms with Crippen LogP contribution in [0.4, 0.5) is 11.5 Å². The predicted octanol–water partition coefficient (Wildman–Crippen LogP) is 0.574. The number of nitrogen functional groups attached to an aromatic ring is 1. The molecule has 0 amide bonds. The van der Waals surface area contributed by atoms with Gasteiger partial charge in [-0.25, -0.2) is 9.97 Å². The van der Waals surface area contributed by atoms with Crippen LogP contribution in [0, 0.1) is 5.92 Å². The maximum absolute atomic E-state index is 6.47. The van der Waals surface area contributed by atoms with E-state index in [9.17, 15) is 0 Å². The quantitative estimate of drug-likeness (QED) is 0.601. The van der Waals surface area contributed by atoms with E-state index in [0.29, 0.717) is 11.7 Å². The highest BCUT2D eigenvalue weighted by Crippen LogP contribution is 2.33. The molecule has 0 aromatic carbocycles. The first-order valence-corrected chi connectivity index (χ1v) is 6.26. The summed E-state index contributed by atoms with van der Waals surface area (Å²) in [7, 11) is 0. The van der Waals surface area contributed by atoms with Crippen molar-refractivity contribution in [2.45, 2.75) is 18.5 Å². The van der Waals surface area contributed by atoms with Crippen molar-refractivity contribution in [1.29, 1.82) is 0 Å². The highest BCUT2D eigenvalue weighted by Gasteiger charge is 2.36. The molecule has 19 heavy (non-hydrogen) atoms. The Hall–Kier alpha value is -1.37. The minimum Gasteiger partial charge on any atom is -0.382 e. The lowest BCUT2D eigenvalue weighted by Crippen LogP contribution is -2.57. The first-order valence-electron chi connectivity index (χ1n) is 6.26. The fourth-order valence-corrected chi connectivity index (χ4v) is 2.64. The third-order valence-corrected chi connectivity index (χ3v) is 3.74. The molecule has 1 fully saturated rings. The maximum Gasteiger partial charge on any atom is 0.150 e. The van der Waals surface area contributed by atoms with Crippen molar-refractivity contribution in [3.8, 4) is 0 Å². The molecule has 2 aliphatic heterocycles. The number of piperidine rings is 1. The van der Waals surface area contributed by atoms with E-state index in [0.717, 1.165) is 37.3 Å². The van der Waals surface area contributed by atoms with Gasteiger partial charge in [-0.3, -0.25) is 0 Å². The Kier molecular flexibility index (Phi) is 3.93. The Morgan fingerprint density at radius 2 is 2.21 bits per heavy atom. The number of anilines is 2. The zero-order valence-electron chi connectivity index (χ0n) is 10.6. The predicted molar refractivity (Wildman–Crippen MR) is 78.9 cm³/mol. The van der Waals surface area contributed by atoms with E-state index in [1.54, 1.807) is 0 Å². The lowest BCUT2D eigenvalue weighted by Gasteiger charge is -2.41. The van der Waals surface area contributed by atoms with E-state index < -0.39 is 5.66 Å². The Balaban J connectivity index is 0.00000133. The van der Waals surface area contributed by atoms with Crippen LogP contribution in [-0.2, 0) is 0 Å². The van der Waals surface area contributed by atoms with E-state index >= 15 is 0 Å². The van der Waals surface area contributed by atoms with Gasteiger partial charge >= 0.3 is 0 Å². The molecule has 0 radical (unpaired) electrons. The van der Waals surface area contributed by atoms with Gasteiger partial charge in [-0.2, -0.15) is 0 Å². The number of rotatable bonds is 1. The lowest BCUT2D eigenvalue weighted by molar-refractivity contribution is 0.287. The van der Waals surface area contributed by atoms with E-state index in [4.69, 9.17) is 11.5 Å². The second kappa shape index (κ2) is 5.32. The first kappa shape index (κ1) is 14.0. The standard InChI is InChI=1S/C12H18N6.ClH/c13-11-10-9(16-7-17-11)3-4-12(14,18-10)8-2-1-5-15-6-8;/h3-4,7-8,15,18H,1-2,5-6,14H2,(H2,13,16,17);1H. The largest absolute Gasteiger partial charge is 0.382 e. The molecule has 6 N–H and O–H groups in total. The van der Waals surface area contributed by atoms with Gasteiger partial charge in [0.25, 0.3) is 0 Å². The number of nitrogens with zero attached hydrogens (tertiary/aromatic N) is 2. The van der Waals surface area contributed by atoms with Gasteiger partial charge in [0.2, 0.25) is 0 Å². The number of halogens is 1. The van der Waals surface area contributed by atoms with Gasteiger partial charge < -0.3 is 22.1 Å². The van der Waals surface area contributed by atoms with Crippen LogP contribution >= 0.6 is 12.4 Å². The van der Waals surface area contributed by atoms with Gasteiger partial charge in [-0.05, 0) is 31.5 Å². The Morgan fingerprint density at radius 1 is 1.37 bits per heavy atom. The molecule has 1 saturated heterocycles. The normalized spacial score (nSPS) is 29.0. The van der Waals surface area contributed by atoms with Gasteiger partial charge in [0.05, 0.1) is 5.69 Å². The molecule has 2 unspecified atom stereocenters. The molecule has 104 valence electrons. The van der Waals surface area contributed by atoms with Crippen LogP contribution in [0.3, 0.4) is 0 Å². The molecule has 1 aromatic heterocycles. The number of aromatic nitrogens is 2. The SMILES string of the molecule is Cl.Nc1ncnc2c1NC(N)(C1CCCNC1)C=C2. The molecule has 2 aliphatic rings. The Morgan fingerprint density at radius 3 is 2.95 bits per heavy atom. The molecule has 0 saturated carbocycles. The van der Waals surface area contributed by atoms with Crippen LogP contribution < -0.4 is 22.1 Å². The van der Waals surface area contributed by atoms with Crippen molar-refractivity contribution in [3.05, 3.63) is 18.1 Å². The second-order valence-electron chi connectivity index (χ2n) is 4.95. The summed E-state index contributed by atoms with van der Waals surface area (Å²) in [4.78, 5) is 8.18. The average Bonchev–Trinajstić information content (AvgIpc) is 2.41. The van der Waals surface area contributed by atoms with Gasteiger partial charge in [-0.1, -0.05) is 0 Å². The Bertz CT molecular complexity index is 485. The molecule has 2 atom stereocenters. The zero-order chi connectivity index (χ0) is 12.6. The minimum atomic E-state index is -0.570. The topological polar surface area (TPSA) is 102 Å². The molecule has 3 rings (SSSR count). The summed E-state index contributed by atoms with van der Waals surface area (Å²) in [6, 6.07) is 0. The fraction of sp³-hybridized carbons (Fsp3) is 0.500. The van der Waals surface area contributed by atoms with Gasteiger partial charge in [0, 0.05) is 12.5 Å². The van der Waals surface area contributed by atoms with Crippen LogP contribution in [0.5, 0.6) is 0 Å². The second-order valence-corrected chi connectivity index (χ2v) is 4.95. The monoisotopic (exact) mass is 282 g/mol. The number of nitrogens with two attached hydrogens (primary N) is 2. The van der Waals surface area contributed by atoms with E-state index in [1.807, 2.05) is 12.2 Å². The molecular formula is C12H19ClN6. The highest BCUT2D eigenvalue weighted by molar-refractivity contribution is 5.85. The Labute approximate surface area is 118 Å². The summed E-state index contributed by atoms with van der Waals surface area (Å²) in [5.74, 6) is 0.790. The third-order valence-electron chi connectivity index (χ3n) is 3.74. The van der Waals surface area contributed by atoms with Gasteiger partial charge in [0.15, 0.2) is 5.82 Å². The maximum atomic E-state index is 6.47. The fourth-order valence-electron chi connectivity index (χ4n) is 2.64. The molecule has 0 spiro atoms. The molecule has 0 bridgehead atoms. The smallest absolute Gasteiger partial charge is 0.150 e. The summed E-state index contributed by atoms with van der Waals surface area (Å²) in [5.41, 5.74) is 13.3. The minimum absolute atomic E-state index is 0. The molecule has 1 aromatic rings. The molecular weight excluding hydrogens is 264 g/mol. The summed E-state index contributed by atoms with van der Waals surface area (Å²) in [5, 5.41) is 6.69. The van der Waals surface area contributed by atoms with Crippen LogP contribution in [0.2, 0.25) is 0 Å². The van der Waals surface area contributed by atoms with Gasteiger partial charge in [0.1, 0.15) is 17.7 Å². The van der Waals surface area contributed by atoms with E-state index in [2.05, 4.69) is 20.6 Å². The van der Waals surface area contributed by atoms with Crippen molar-refractivity contribution < 1.29 is 0 Å². The lowest BCUT2D eigenvalue weighted by atomic mass is 9.84. The van der Waals surface area contributed by atoms with Crippen LogP contribution in [0.15, 0.2) is 12.4 Å². The van der Waals surface area contributed by atoms with Crippen molar-refractivity contribution in [1.82, 2.24) is 15.3 Å². The van der Waals surface area contributed by atoms with E-state index in [-0.39, 0.29) is 12.4 Å². The molecule has 6 nitrogen and oxygen atoms in total. The summed E-state index contributed by atoms with van der Waals surface area (Å²) in [6.45, 7) is 1.98. The number of hydrogen-bond acceptors (Lipinski definition) is 6. The van der Waals surface area contributed by atoms with Gasteiger partial charge in [-0.15, -0.1) is 12.4 Å². The highest BCUT2D eigenvalue weighted by atomic mass is 35.5. The number of fused-ring (bicyclic) bond motifs is 1. The van der Waals surface area contributed by atoms with Crippen LogP contribution in [-0.4, -0.2) is 28.7 Å². The third kappa shape index (κ3) is 2.51.